The third-order valence-electron chi connectivity index (χ3n) is 2.30. The second-order valence-electron chi connectivity index (χ2n) is 10.3. The Morgan fingerprint density at radius 2 is 0.852 bits per heavy atom. The first-order valence-electron chi connectivity index (χ1n) is 10.4. The van der Waals surface area contributed by atoms with Gasteiger partial charge in [-0.05, 0) is 0 Å². The van der Waals surface area contributed by atoms with Crippen molar-refractivity contribution in [3.63, 3.8) is 0 Å². The molecule has 0 saturated carbocycles. The van der Waals surface area contributed by atoms with Gasteiger partial charge in [-0.25, -0.2) is 0 Å². The Hall–Kier alpha value is 0.208. The Kier molecular flexibility index (Phi) is 20.2. The number of hydrogen-bond donors (Lipinski definition) is 0. The van der Waals surface area contributed by atoms with E-state index >= 15 is 0 Å². The average molecular weight is 467 g/mol. The zero-order valence-corrected chi connectivity index (χ0v) is 22.9. The molecule has 0 saturated heterocycles. The smallest absolute Gasteiger partial charge is 0.0644 e. The Bertz CT molecular complexity index is 332. The van der Waals surface area contributed by atoms with Crippen LogP contribution in [-0.4, -0.2) is 36.3 Å². The molecule has 5 heteroatoms. The predicted molar refractivity (Wildman–Crippen MR) is 121 cm³/mol. The van der Waals surface area contributed by atoms with Crippen LogP contribution in [0.3, 0.4) is 0 Å². The topological polar surface area (TPSA) is 52.9 Å². The molecule has 0 radical (unpaired) electrons. The molecule has 4 nitrogen and oxygen atoms in total. The quantitative estimate of drug-likeness (QED) is 0.358. The van der Waals surface area contributed by atoms with E-state index in [0.29, 0.717) is 12.1 Å². The van der Waals surface area contributed by atoms with Gasteiger partial charge in [-0.15, -0.1) is 25.2 Å². The van der Waals surface area contributed by atoms with Gasteiger partial charge in [-0.2, -0.15) is 0 Å². The second-order valence-corrected chi connectivity index (χ2v) is 11.6. The first-order valence-corrected chi connectivity index (χ1v) is 12.2. The summed E-state index contributed by atoms with van der Waals surface area (Å²) < 4.78 is 9.01. The van der Waals surface area contributed by atoms with Gasteiger partial charge in [0.25, 0.3) is 0 Å². The molecule has 0 aromatic carbocycles. The Balaban J connectivity index is -0.000000327. The Labute approximate surface area is 180 Å². The standard InChI is InChI=1S/2C7H16N.2C4H9N.Mo/c2*1-6(2)5-8-7(3)4;2*1-4(2,3)5;/h2*6-7H,5H2,1-4H3;2*1-3H3;/q2*-1;;;+2. The Morgan fingerprint density at radius 3 is 0.963 bits per heavy atom. The summed E-state index contributed by atoms with van der Waals surface area (Å²) in [4.78, 5) is 0. The van der Waals surface area contributed by atoms with Gasteiger partial charge in [-0.1, -0.05) is 67.2 Å². The van der Waals surface area contributed by atoms with E-state index < -0.39 is 18.2 Å². The molecule has 0 aliphatic rings. The van der Waals surface area contributed by atoms with Crippen LogP contribution in [0.1, 0.15) is 96.9 Å². The van der Waals surface area contributed by atoms with Crippen LogP contribution in [-0.2, 0) is 18.2 Å². The molecule has 0 aliphatic heterocycles. The molecular weight excluding hydrogens is 416 g/mol. The van der Waals surface area contributed by atoms with Gasteiger partial charge in [0, 0.05) is 0 Å². The van der Waals surface area contributed by atoms with E-state index in [1.165, 1.54) is 0 Å². The fraction of sp³-hybridized carbons (Fsp3) is 1.00. The van der Waals surface area contributed by atoms with Crippen molar-refractivity contribution in [2.45, 2.75) is 120 Å². The van der Waals surface area contributed by atoms with Crippen LogP contribution >= 0.6 is 0 Å². The van der Waals surface area contributed by atoms with E-state index in [4.69, 9.17) is 0 Å². The van der Waals surface area contributed by atoms with Crippen molar-refractivity contribution in [1.29, 1.82) is 0 Å². The average Bonchev–Trinajstić information content (AvgIpc) is 2.41. The molecule has 27 heavy (non-hydrogen) atoms. The monoisotopic (exact) mass is 468 g/mol. The molecule has 0 atom stereocenters. The minimum atomic E-state index is -0.473. The molecule has 0 aliphatic carbocycles. The summed E-state index contributed by atoms with van der Waals surface area (Å²) in [5, 5.41) is 8.65. The number of hydrogen-bond acceptors (Lipinski definition) is 2. The van der Waals surface area contributed by atoms with Crippen LogP contribution in [0, 0.1) is 11.8 Å². The van der Waals surface area contributed by atoms with Crippen molar-refractivity contribution in [2.75, 3.05) is 13.1 Å². The molecule has 0 spiro atoms. The molecule has 0 heterocycles. The van der Waals surface area contributed by atoms with Gasteiger partial charge >= 0.3 is 77.8 Å². The van der Waals surface area contributed by atoms with Crippen LogP contribution in [0.15, 0.2) is 6.99 Å². The minimum Gasteiger partial charge on any atom is -0.660 e. The van der Waals surface area contributed by atoms with E-state index in [1.54, 1.807) is 0 Å². The van der Waals surface area contributed by atoms with Crippen LogP contribution in [0.5, 0.6) is 0 Å². The van der Waals surface area contributed by atoms with Gasteiger partial charge in [0.15, 0.2) is 0 Å². The van der Waals surface area contributed by atoms with Crippen molar-refractivity contribution in [3.05, 3.63) is 10.6 Å². The fourth-order valence-electron chi connectivity index (χ4n) is 1.11. The summed E-state index contributed by atoms with van der Waals surface area (Å²) in [5.74, 6) is 1.44. The minimum absolute atomic E-state index is 0.108. The molecular formula is C22H50MoN4. The van der Waals surface area contributed by atoms with Gasteiger partial charge in [-0.3, -0.25) is 0 Å². The van der Waals surface area contributed by atoms with Gasteiger partial charge < -0.3 is 10.6 Å². The molecule has 0 fully saturated rings. The first-order chi connectivity index (χ1) is 12.0. The van der Waals surface area contributed by atoms with Crippen molar-refractivity contribution >= 4 is 0 Å². The van der Waals surface area contributed by atoms with Crippen LogP contribution in [0.25, 0.3) is 10.6 Å². The molecule has 164 valence electrons. The maximum Gasteiger partial charge on any atom is -0.0644 e. The van der Waals surface area contributed by atoms with E-state index in [-0.39, 0.29) is 11.1 Å². The van der Waals surface area contributed by atoms with Crippen molar-refractivity contribution in [3.8, 4) is 0 Å². The maximum atomic E-state index is 4.51. The number of nitrogens with zero attached hydrogens (tertiary/aromatic N) is 4. The number of rotatable bonds is 6. The second kappa shape index (κ2) is 17.1. The van der Waals surface area contributed by atoms with E-state index in [9.17, 15) is 0 Å². The summed E-state index contributed by atoms with van der Waals surface area (Å²) in [6.07, 6.45) is 0. The summed E-state index contributed by atoms with van der Waals surface area (Å²) in [5.41, 5.74) is 0.216. The Morgan fingerprint density at radius 1 is 0.593 bits per heavy atom. The summed E-state index contributed by atoms with van der Waals surface area (Å²) in [6.45, 7) is 31.9. The van der Waals surface area contributed by atoms with Gasteiger partial charge in [0.2, 0.25) is 0 Å². The molecule has 0 aromatic rings. The normalized spacial score (nSPS) is 11.6. The van der Waals surface area contributed by atoms with Crippen molar-refractivity contribution in [1.82, 2.24) is 0 Å². The molecule has 0 aromatic heterocycles. The maximum absolute atomic E-state index is 4.51. The predicted octanol–water partition coefficient (Wildman–Crippen LogP) is 7.88. The van der Waals surface area contributed by atoms with E-state index in [2.05, 4.69) is 115 Å². The molecule has 0 rings (SSSR count). The molecule has 0 N–H and O–H groups in total. The van der Waals surface area contributed by atoms with Crippen LogP contribution in [0.2, 0.25) is 0 Å². The van der Waals surface area contributed by atoms with Crippen molar-refractivity contribution in [2.24, 2.45) is 18.8 Å². The summed E-state index contributed by atoms with van der Waals surface area (Å²) in [7, 11) is 0. The molecule has 0 unspecified atom stereocenters. The van der Waals surface area contributed by atoms with Crippen LogP contribution in [0.4, 0.5) is 0 Å². The van der Waals surface area contributed by atoms with Crippen LogP contribution < -0.4 is 0 Å². The van der Waals surface area contributed by atoms with E-state index in [1.807, 2.05) is 0 Å². The SMILES string of the molecule is CC(C)(C)[N]=[Mo+2]=[N]C(C)(C)C.CC(C)C[N-]C(C)C.CC(C)C[N-]C(C)C. The zero-order chi connectivity index (χ0) is 22.3. The summed E-state index contributed by atoms with van der Waals surface area (Å²) >= 11 is -0.473. The zero-order valence-electron chi connectivity index (χ0n) is 20.9. The largest absolute Gasteiger partial charge is 0.660 e. The third-order valence-corrected chi connectivity index (χ3v) is 5.39. The molecule has 0 amide bonds. The fourth-order valence-corrected chi connectivity index (χ4v) is 2.41. The molecule has 0 bridgehead atoms. The third kappa shape index (κ3) is 46.3. The van der Waals surface area contributed by atoms with E-state index in [0.717, 1.165) is 24.9 Å². The van der Waals surface area contributed by atoms with Gasteiger partial charge in [0.1, 0.15) is 0 Å². The van der Waals surface area contributed by atoms with Gasteiger partial charge in [0.05, 0.1) is 0 Å². The summed E-state index contributed by atoms with van der Waals surface area (Å²) in [6, 6.07) is 1.02. The first kappa shape index (κ1) is 31.9. The van der Waals surface area contributed by atoms with Crippen molar-refractivity contribution < 1.29 is 18.2 Å².